The Bertz CT molecular complexity index is 585. The van der Waals surface area contributed by atoms with Crippen LogP contribution in [0.15, 0.2) is 23.1 Å². The fourth-order valence-corrected chi connectivity index (χ4v) is 3.03. The van der Waals surface area contributed by atoms with Crippen molar-refractivity contribution >= 4 is 21.6 Å². The number of halogens is 4. The van der Waals surface area contributed by atoms with E-state index in [4.69, 9.17) is 11.6 Å². The molecule has 1 aliphatic heterocycles. The van der Waals surface area contributed by atoms with Crippen LogP contribution in [0.2, 0.25) is 5.02 Å². The molecule has 0 bridgehead atoms. The quantitative estimate of drug-likeness (QED) is 0.891. The normalized spacial score (nSPS) is 17.3. The summed E-state index contributed by atoms with van der Waals surface area (Å²) in [4.78, 5) is -0.448. The van der Waals surface area contributed by atoms with Crippen molar-refractivity contribution in [3.8, 4) is 0 Å². The highest BCUT2D eigenvalue weighted by Gasteiger charge is 2.35. The van der Waals surface area contributed by atoms with Gasteiger partial charge in [-0.3, -0.25) is 0 Å². The minimum absolute atomic E-state index is 0.296. The minimum Gasteiger partial charge on any atom is -0.313 e. The monoisotopic (exact) mass is 314 g/mol. The Kier molecular flexibility index (Phi) is 3.78. The van der Waals surface area contributed by atoms with Crippen LogP contribution >= 0.6 is 11.6 Å². The molecule has 1 aromatic carbocycles. The maximum Gasteiger partial charge on any atom is 0.417 e. The van der Waals surface area contributed by atoms with Gasteiger partial charge >= 0.3 is 6.18 Å². The third kappa shape index (κ3) is 3.19. The summed E-state index contributed by atoms with van der Waals surface area (Å²) in [5, 5.41) is 2.32. The highest BCUT2D eigenvalue weighted by atomic mass is 35.5. The highest BCUT2D eigenvalue weighted by Crippen LogP contribution is 2.35. The van der Waals surface area contributed by atoms with Crippen LogP contribution in [0, 0.1) is 0 Å². The summed E-state index contributed by atoms with van der Waals surface area (Å²) < 4.78 is 64.0. The van der Waals surface area contributed by atoms with Crippen LogP contribution in [0.4, 0.5) is 13.2 Å². The molecule has 1 fully saturated rings. The van der Waals surface area contributed by atoms with Gasteiger partial charge in [0.1, 0.15) is 0 Å². The second-order valence-corrected chi connectivity index (χ2v) is 6.24. The largest absolute Gasteiger partial charge is 0.417 e. The van der Waals surface area contributed by atoms with Gasteiger partial charge in [-0.1, -0.05) is 11.6 Å². The lowest BCUT2D eigenvalue weighted by Crippen LogP contribution is -2.56. The number of rotatable bonds is 3. The summed E-state index contributed by atoms with van der Waals surface area (Å²) >= 11 is 5.43. The number of alkyl halides is 3. The Morgan fingerprint density at radius 3 is 2.42 bits per heavy atom. The van der Waals surface area contributed by atoms with Crippen LogP contribution in [0.5, 0.6) is 0 Å². The van der Waals surface area contributed by atoms with Gasteiger partial charge in [-0.05, 0) is 18.2 Å². The van der Waals surface area contributed by atoms with E-state index in [1.165, 1.54) is 0 Å². The van der Waals surface area contributed by atoms with Gasteiger partial charge in [0.05, 0.1) is 15.5 Å². The van der Waals surface area contributed by atoms with Gasteiger partial charge in [0.15, 0.2) is 0 Å². The molecule has 4 nitrogen and oxygen atoms in total. The van der Waals surface area contributed by atoms with Gasteiger partial charge in [0, 0.05) is 19.1 Å². The van der Waals surface area contributed by atoms with E-state index in [1.54, 1.807) is 0 Å². The molecule has 0 saturated carbocycles. The molecule has 2 rings (SSSR count). The van der Waals surface area contributed by atoms with Crippen molar-refractivity contribution in [3.63, 3.8) is 0 Å². The second-order valence-electron chi connectivity index (χ2n) is 4.12. The fourth-order valence-electron chi connectivity index (χ4n) is 1.55. The van der Waals surface area contributed by atoms with Crippen LogP contribution in [0.3, 0.4) is 0 Å². The summed E-state index contributed by atoms with van der Waals surface area (Å²) in [7, 11) is -3.97. The lowest BCUT2D eigenvalue weighted by molar-refractivity contribution is -0.137. The first-order valence-electron chi connectivity index (χ1n) is 5.30. The zero-order valence-corrected chi connectivity index (χ0v) is 11.0. The smallest absolute Gasteiger partial charge is 0.313 e. The summed E-state index contributed by atoms with van der Waals surface area (Å²) in [6.07, 6.45) is -4.69. The van der Waals surface area contributed by atoms with E-state index in [-0.39, 0.29) is 6.04 Å². The van der Waals surface area contributed by atoms with E-state index >= 15 is 0 Å². The van der Waals surface area contributed by atoms with Gasteiger partial charge in [0.25, 0.3) is 0 Å². The van der Waals surface area contributed by atoms with Crippen LogP contribution in [-0.4, -0.2) is 27.5 Å². The number of nitrogens with one attached hydrogen (secondary N) is 2. The van der Waals surface area contributed by atoms with Crippen LogP contribution < -0.4 is 10.0 Å². The van der Waals surface area contributed by atoms with Gasteiger partial charge < -0.3 is 5.32 Å². The predicted octanol–water partition coefficient (Wildman–Crippen LogP) is 1.61. The van der Waals surface area contributed by atoms with Gasteiger partial charge in [0.2, 0.25) is 10.0 Å². The highest BCUT2D eigenvalue weighted by molar-refractivity contribution is 7.89. The first-order valence-corrected chi connectivity index (χ1v) is 7.16. The molecule has 9 heteroatoms. The second kappa shape index (κ2) is 4.93. The summed E-state index contributed by atoms with van der Waals surface area (Å²) in [5.41, 5.74) is -1.16. The maximum absolute atomic E-state index is 12.6. The maximum atomic E-state index is 12.6. The molecule has 0 unspecified atom stereocenters. The SMILES string of the molecule is O=S(=O)(NC1CNC1)c1ccc(Cl)c(C(F)(F)F)c1. The molecule has 1 aromatic rings. The van der Waals surface area contributed by atoms with E-state index in [0.717, 1.165) is 12.1 Å². The Hall–Kier alpha value is -0.830. The van der Waals surface area contributed by atoms with Crippen molar-refractivity contribution in [2.45, 2.75) is 17.1 Å². The molecule has 0 amide bonds. The summed E-state index contributed by atoms with van der Waals surface area (Å²) in [6.45, 7) is 0.915. The van der Waals surface area contributed by atoms with Crippen molar-refractivity contribution in [2.75, 3.05) is 13.1 Å². The Balaban J connectivity index is 2.34. The molecule has 1 aliphatic rings. The molecule has 1 heterocycles. The van der Waals surface area contributed by atoms with E-state index in [2.05, 4.69) is 10.0 Å². The molecule has 0 aliphatic carbocycles. The first-order chi connectivity index (χ1) is 8.70. The third-order valence-corrected chi connectivity index (χ3v) is 4.50. The molecule has 0 spiro atoms. The zero-order chi connectivity index (χ0) is 14.3. The van der Waals surface area contributed by atoms with E-state index in [9.17, 15) is 21.6 Å². The lowest BCUT2D eigenvalue weighted by atomic mass is 10.2. The molecule has 0 atom stereocenters. The summed E-state index contributed by atoms with van der Waals surface area (Å²) in [6, 6.07) is 2.22. The van der Waals surface area contributed by atoms with E-state index < -0.39 is 31.7 Å². The van der Waals surface area contributed by atoms with Gasteiger partial charge in [-0.2, -0.15) is 13.2 Å². The van der Waals surface area contributed by atoms with Crippen molar-refractivity contribution in [3.05, 3.63) is 28.8 Å². The van der Waals surface area contributed by atoms with Crippen molar-refractivity contribution in [1.29, 1.82) is 0 Å². The number of sulfonamides is 1. The van der Waals surface area contributed by atoms with E-state index in [1.807, 2.05) is 0 Å². The Labute approximate surface area is 113 Å². The Morgan fingerprint density at radius 2 is 1.95 bits per heavy atom. The molecule has 106 valence electrons. The average Bonchev–Trinajstić information content (AvgIpc) is 2.22. The number of benzene rings is 1. The van der Waals surface area contributed by atoms with Crippen molar-refractivity contribution in [2.24, 2.45) is 0 Å². The van der Waals surface area contributed by atoms with Crippen molar-refractivity contribution < 1.29 is 21.6 Å². The van der Waals surface area contributed by atoms with Crippen LogP contribution in [0.25, 0.3) is 0 Å². The van der Waals surface area contributed by atoms with Crippen molar-refractivity contribution in [1.82, 2.24) is 10.0 Å². The predicted molar refractivity (Wildman–Crippen MR) is 63.4 cm³/mol. The van der Waals surface area contributed by atoms with Crippen LogP contribution in [-0.2, 0) is 16.2 Å². The minimum atomic E-state index is -4.69. The molecule has 19 heavy (non-hydrogen) atoms. The number of hydrogen-bond donors (Lipinski definition) is 2. The fraction of sp³-hybridized carbons (Fsp3) is 0.400. The summed E-state index contributed by atoms with van der Waals surface area (Å²) in [5.74, 6) is 0. The topological polar surface area (TPSA) is 58.2 Å². The van der Waals surface area contributed by atoms with Gasteiger partial charge in [-0.25, -0.2) is 13.1 Å². The number of hydrogen-bond acceptors (Lipinski definition) is 3. The molecule has 2 N–H and O–H groups in total. The first kappa shape index (κ1) is 14.6. The molecule has 0 aromatic heterocycles. The zero-order valence-electron chi connectivity index (χ0n) is 9.46. The molecule has 0 radical (unpaired) electrons. The van der Waals surface area contributed by atoms with Gasteiger partial charge in [-0.15, -0.1) is 0 Å². The van der Waals surface area contributed by atoms with Crippen LogP contribution in [0.1, 0.15) is 5.56 Å². The average molecular weight is 315 g/mol. The molecule has 1 saturated heterocycles. The molecular formula is C10H10ClF3N2O2S. The standard InChI is InChI=1S/C10H10ClF3N2O2S/c11-9-2-1-7(3-8(9)10(12,13)14)19(17,18)16-6-4-15-5-6/h1-3,6,15-16H,4-5H2. The molecular weight excluding hydrogens is 305 g/mol. The lowest BCUT2D eigenvalue weighted by Gasteiger charge is -2.27. The third-order valence-electron chi connectivity index (χ3n) is 2.66. The van der Waals surface area contributed by atoms with E-state index in [0.29, 0.717) is 19.2 Å². The Morgan fingerprint density at radius 1 is 1.32 bits per heavy atom.